The third-order valence-electron chi connectivity index (χ3n) is 6.94. The Labute approximate surface area is 192 Å². The van der Waals surface area contributed by atoms with E-state index in [9.17, 15) is 14.3 Å². The van der Waals surface area contributed by atoms with Gasteiger partial charge in [-0.3, -0.25) is 9.78 Å². The number of carbonyl (C=O) groups is 1. The Morgan fingerprint density at radius 3 is 2.34 bits per heavy atom. The number of rotatable bonds is 11. The minimum atomic E-state index is -1.54. The molecule has 0 spiro atoms. The van der Waals surface area contributed by atoms with Gasteiger partial charge in [0, 0.05) is 11.8 Å². The van der Waals surface area contributed by atoms with Gasteiger partial charge in [-0.2, -0.15) is 0 Å². The number of benzene rings is 1. The van der Waals surface area contributed by atoms with E-state index < -0.39 is 17.6 Å². The van der Waals surface area contributed by atoms with Crippen LogP contribution in [0.15, 0.2) is 42.6 Å². The molecule has 3 nitrogen and oxygen atoms in total. The molecule has 1 heterocycles. The summed E-state index contributed by atoms with van der Waals surface area (Å²) < 4.78 is 14.2. The molecule has 3 rings (SSSR count). The molecule has 1 fully saturated rings. The van der Waals surface area contributed by atoms with Crippen LogP contribution in [-0.4, -0.2) is 27.6 Å². The predicted octanol–water partition coefficient (Wildman–Crippen LogP) is 6.97. The summed E-state index contributed by atoms with van der Waals surface area (Å²) in [6.45, 7) is 4.19. The fraction of sp³-hybridized carbons (Fsp3) is 0.571. The van der Waals surface area contributed by atoms with Crippen LogP contribution in [0.1, 0.15) is 95.1 Å². The molecular formula is C28H38FNO2. The highest BCUT2D eigenvalue weighted by atomic mass is 19.1. The SMILES string of the molecule is CCCCCc1ccc(-c2ccc(C3CCC(O)(C(=O)[C@@H](F)CCCC)CC3)cc2)nc1. The molecule has 2 aromatic rings. The molecule has 0 bridgehead atoms. The molecule has 0 radical (unpaired) electrons. The van der Waals surface area contributed by atoms with E-state index in [0.29, 0.717) is 38.0 Å². The maximum atomic E-state index is 14.2. The predicted molar refractivity (Wildman–Crippen MR) is 128 cm³/mol. The summed E-state index contributed by atoms with van der Waals surface area (Å²) >= 11 is 0. The number of pyridine rings is 1. The van der Waals surface area contributed by atoms with E-state index in [4.69, 9.17) is 0 Å². The average molecular weight is 440 g/mol. The first kappa shape index (κ1) is 24.6. The lowest BCUT2D eigenvalue weighted by atomic mass is 9.73. The lowest BCUT2D eigenvalue weighted by molar-refractivity contribution is -0.146. The second-order valence-electron chi connectivity index (χ2n) is 9.41. The lowest BCUT2D eigenvalue weighted by Crippen LogP contribution is -2.46. The van der Waals surface area contributed by atoms with Gasteiger partial charge >= 0.3 is 0 Å². The number of hydrogen-bond donors (Lipinski definition) is 1. The number of aryl methyl sites for hydroxylation is 1. The number of carbonyl (C=O) groups excluding carboxylic acids is 1. The number of nitrogens with zero attached hydrogens (tertiary/aromatic N) is 1. The summed E-state index contributed by atoms with van der Waals surface area (Å²) in [5, 5.41) is 10.8. The van der Waals surface area contributed by atoms with Gasteiger partial charge in [0.15, 0.2) is 12.0 Å². The van der Waals surface area contributed by atoms with Gasteiger partial charge in [0.25, 0.3) is 0 Å². The Hall–Kier alpha value is -2.07. The van der Waals surface area contributed by atoms with Gasteiger partial charge in [0.05, 0.1) is 5.69 Å². The Morgan fingerprint density at radius 1 is 1.06 bits per heavy atom. The number of halogens is 1. The Morgan fingerprint density at radius 2 is 1.75 bits per heavy atom. The number of unbranched alkanes of at least 4 members (excludes halogenated alkanes) is 3. The molecule has 1 atom stereocenters. The number of ketones is 1. The van der Waals surface area contributed by atoms with Crippen LogP contribution in [0.2, 0.25) is 0 Å². The van der Waals surface area contributed by atoms with E-state index in [1.807, 2.05) is 13.1 Å². The van der Waals surface area contributed by atoms with Crippen molar-refractivity contribution in [2.24, 2.45) is 0 Å². The zero-order chi connectivity index (χ0) is 23.0. The third-order valence-corrected chi connectivity index (χ3v) is 6.94. The number of alkyl halides is 1. The molecule has 4 heteroatoms. The second-order valence-corrected chi connectivity index (χ2v) is 9.41. The smallest absolute Gasteiger partial charge is 0.198 e. The summed E-state index contributed by atoms with van der Waals surface area (Å²) in [6, 6.07) is 12.7. The van der Waals surface area contributed by atoms with Gasteiger partial charge in [-0.1, -0.05) is 69.9 Å². The molecule has 0 unspecified atom stereocenters. The summed E-state index contributed by atoms with van der Waals surface area (Å²) in [5.41, 5.74) is 3.07. The van der Waals surface area contributed by atoms with E-state index in [1.165, 1.54) is 30.4 Å². The Balaban J connectivity index is 1.56. The first-order chi connectivity index (χ1) is 15.5. The average Bonchev–Trinajstić information content (AvgIpc) is 2.83. The first-order valence-corrected chi connectivity index (χ1v) is 12.4. The normalized spacial score (nSPS) is 21.9. The van der Waals surface area contributed by atoms with Crippen LogP contribution in [0.25, 0.3) is 11.3 Å². The first-order valence-electron chi connectivity index (χ1n) is 12.4. The standard InChI is InChI=1S/C28H38FNO2/c1-3-5-7-8-21-10-15-26(30-20-21)24-13-11-22(12-14-24)23-16-18-28(32,19-17-23)27(31)25(29)9-6-4-2/h10-15,20,23,25,32H,3-9,16-19H2,1-2H3/t23?,25-,28?/m0/s1. The van der Waals surface area contributed by atoms with Crippen molar-refractivity contribution in [3.8, 4) is 11.3 Å². The highest BCUT2D eigenvalue weighted by Crippen LogP contribution is 2.40. The molecule has 1 N–H and O–H groups in total. The fourth-order valence-corrected chi connectivity index (χ4v) is 4.73. The van der Waals surface area contributed by atoms with Crippen LogP contribution in [0.5, 0.6) is 0 Å². The van der Waals surface area contributed by atoms with Gasteiger partial charge in [0.2, 0.25) is 0 Å². The van der Waals surface area contributed by atoms with Crippen molar-refractivity contribution in [2.75, 3.05) is 0 Å². The number of Topliss-reactive ketones (excluding diaryl/α,β-unsaturated/α-hetero) is 1. The van der Waals surface area contributed by atoms with Crippen LogP contribution < -0.4 is 0 Å². The van der Waals surface area contributed by atoms with Crippen LogP contribution in [0.4, 0.5) is 4.39 Å². The van der Waals surface area contributed by atoms with Gasteiger partial charge in [-0.05, 0) is 68.1 Å². The largest absolute Gasteiger partial charge is 0.382 e. The highest BCUT2D eigenvalue weighted by Gasteiger charge is 2.43. The maximum Gasteiger partial charge on any atom is 0.198 e. The molecule has 32 heavy (non-hydrogen) atoms. The Kier molecular flexibility index (Phi) is 8.98. The second kappa shape index (κ2) is 11.7. The van der Waals surface area contributed by atoms with Crippen LogP contribution in [-0.2, 0) is 11.2 Å². The van der Waals surface area contributed by atoms with E-state index in [1.54, 1.807) is 0 Å². The monoisotopic (exact) mass is 439 g/mol. The Bertz CT molecular complexity index is 839. The van der Waals surface area contributed by atoms with Crippen molar-refractivity contribution < 1.29 is 14.3 Å². The van der Waals surface area contributed by atoms with Crippen molar-refractivity contribution in [1.29, 1.82) is 0 Å². The van der Waals surface area contributed by atoms with E-state index in [-0.39, 0.29) is 6.42 Å². The minimum Gasteiger partial charge on any atom is -0.382 e. The van der Waals surface area contributed by atoms with E-state index in [2.05, 4.69) is 48.3 Å². The summed E-state index contributed by atoms with van der Waals surface area (Å²) in [6.07, 6.45) is 9.03. The van der Waals surface area contributed by atoms with Gasteiger partial charge in [0.1, 0.15) is 5.60 Å². The highest BCUT2D eigenvalue weighted by molar-refractivity contribution is 5.91. The van der Waals surface area contributed by atoms with Gasteiger partial charge < -0.3 is 5.11 Å². The quantitative estimate of drug-likeness (QED) is 0.385. The number of aromatic nitrogens is 1. The topological polar surface area (TPSA) is 50.2 Å². The van der Waals surface area contributed by atoms with Crippen molar-refractivity contribution in [3.05, 3.63) is 53.7 Å². The van der Waals surface area contributed by atoms with Crippen LogP contribution in [0.3, 0.4) is 0 Å². The van der Waals surface area contributed by atoms with Crippen LogP contribution >= 0.6 is 0 Å². The van der Waals surface area contributed by atoms with Gasteiger partial charge in [-0.25, -0.2) is 4.39 Å². The molecule has 1 aliphatic rings. The zero-order valence-corrected chi connectivity index (χ0v) is 19.7. The number of hydrogen-bond acceptors (Lipinski definition) is 3. The van der Waals surface area contributed by atoms with Crippen molar-refractivity contribution in [2.45, 2.75) is 102 Å². The van der Waals surface area contributed by atoms with Crippen molar-refractivity contribution in [3.63, 3.8) is 0 Å². The van der Waals surface area contributed by atoms with Crippen LogP contribution in [0, 0.1) is 0 Å². The maximum absolute atomic E-state index is 14.2. The molecule has 1 aromatic carbocycles. The summed E-state index contributed by atoms with van der Waals surface area (Å²) in [4.78, 5) is 17.1. The molecule has 1 aromatic heterocycles. The molecule has 174 valence electrons. The minimum absolute atomic E-state index is 0.219. The molecule has 1 aliphatic carbocycles. The molecule has 1 saturated carbocycles. The van der Waals surface area contributed by atoms with E-state index >= 15 is 0 Å². The fourth-order valence-electron chi connectivity index (χ4n) is 4.73. The van der Waals surface area contributed by atoms with Crippen molar-refractivity contribution >= 4 is 5.78 Å². The van der Waals surface area contributed by atoms with Gasteiger partial charge in [-0.15, -0.1) is 0 Å². The molecular weight excluding hydrogens is 401 g/mol. The van der Waals surface area contributed by atoms with Crippen molar-refractivity contribution in [1.82, 2.24) is 4.98 Å². The summed E-state index contributed by atoms with van der Waals surface area (Å²) in [7, 11) is 0. The lowest BCUT2D eigenvalue weighted by Gasteiger charge is -2.35. The molecule has 0 aliphatic heterocycles. The summed E-state index contributed by atoms with van der Waals surface area (Å²) in [5.74, 6) is -0.316. The van der Waals surface area contributed by atoms with E-state index in [0.717, 1.165) is 24.1 Å². The molecule has 0 amide bonds. The third kappa shape index (κ3) is 6.25. The zero-order valence-electron chi connectivity index (χ0n) is 19.7. The molecule has 0 saturated heterocycles. The number of aliphatic hydroxyl groups is 1.